The summed E-state index contributed by atoms with van der Waals surface area (Å²) in [7, 11) is 0. The largest absolute Gasteiger partial charge is 0.354 e. The molecule has 0 amide bonds. The highest BCUT2D eigenvalue weighted by atomic mass is 35.5. The van der Waals surface area contributed by atoms with Crippen molar-refractivity contribution in [2.24, 2.45) is 0 Å². The van der Waals surface area contributed by atoms with Crippen LogP contribution in [0.5, 0.6) is 0 Å². The second-order valence-electron chi connectivity index (χ2n) is 2.27. The molecule has 0 bridgehead atoms. The SMILES string of the molecule is CCCCn1cccc1.Cl. The summed E-state index contributed by atoms with van der Waals surface area (Å²) in [6, 6.07) is 4.13. The molecule has 0 spiro atoms. The molecule has 0 saturated heterocycles. The molecule has 0 unspecified atom stereocenters. The number of unbranched alkanes of at least 4 members (excludes halogenated alkanes) is 1. The fraction of sp³-hybridized carbons (Fsp3) is 0.500. The number of rotatable bonds is 3. The average Bonchev–Trinajstić information content (AvgIpc) is 2.34. The van der Waals surface area contributed by atoms with Gasteiger partial charge in [-0.25, -0.2) is 0 Å². The van der Waals surface area contributed by atoms with E-state index in [2.05, 4.69) is 36.0 Å². The highest BCUT2D eigenvalue weighted by Gasteiger charge is 1.84. The average molecular weight is 160 g/mol. The molecule has 0 aliphatic rings. The highest BCUT2D eigenvalue weighted by Crippen LogP contribution is 1.94. The molecule has 0 N–H and O–H groups in total. The lowest BCUT2D eigenvalue weighted by Crippen LogP contribution is -1.91. The van der Waals surface area contributed by atoms with Crippen LogP contribution >= 0.6 is 12.4 Å². The van der Waals surface area contributed by atoms with Crippen molar-refractivity contribution in [3.63, 3.8) is 0 Å². The van der Waals surface area contributed by atoms with Crippen LogP contribution in [0.1, 0.15) is 19.8 Å². The summed E-state index contributed by atoms with van der Waals surface area (Å²) >= 11 is 0. The molecule has 0 atom stereocenters. The van der Waals surface area contributed by atoms with Crippen molar-refractivity contribution in [1.82, 2.24) is 4.57 Å². The minimum atomic E-state index is 0. The van der Waals surface area contributed by atoms with Gasteiger partial charge in [0.25, 0.3) is 0 Å². The normalized spacial score (nSPS) is 8.90. The van der Waals surface area contributed by atoms with Gasteiger partial charge in [0.05, 0.1) is 0 Å². The number of aryl methyl sites for hydroxylation is 1. The van der Waals surface area contributed by atoms with Gasteiger partial charge in [-0.2, -0.15) is 0 Å². The highest BCUT2D eigenvalue weighted by molar-refractivity contribution is 5.85. The van der Waals surface area contributed by atoms with Crippen LogP contribution in [-0.4, -0.2) is 4.57 Å². The molecular weight excluding hydrogens is 146 g/mol. The molecule has 0 radical (unpaired) electrons. The van der Waals surface area contributed by atoms with Gasteiger partial charge in [0, 0.05) is 18.9 Å². The first-order chi connectivity index (χ1) is 4.43. The minimum absolute atomic E-state index is 0. The zero-order valence-corrected chi connectivity index (χ0v) is 7.10. The molecule has 0 aromatic carbocycles. The van der Waals surface area contributed by atoms with Gasteiger partial charge in [-0.15, -0.1) is 12.4 Å². The van der Waals surface area contributed by atoms with Crippen LogP contribution in [0.4, 0.5) is 0 Å². The maximum atomic E-state index is 2.21. The van der Waals surface area contributed by atoms with Crippen molar-refractivity contribution in [1.29, 1.82) is 0 Å². The van der Waals surface area contributed by atoms with Gasteiger partial charge in [-0.05, 0) is 18.6 Å². The summed E-state index contributed by atoms with van der Waals surface area (Å²) in [6.45, 7) is 3.38. The van der Waals surface area contributed by atoms with Crippen molar-refractivity contribution in [3.05, 3.63) is 24.5 Å². The van der Waals surface area contributed by atoms with Crippen molar-refractivity contribution in [2.75, 3.05) is 0 Å². The fourth-order valence-corrected chi connectivity index (χ4v) is 0.860. The summed E-state index contributed by atoms with van der Waals surface area (Å²) in [5.41, 5.74) is 0. The lowest BCUT2D eigenvalue weighted by molar-refractivity contribution is 0.635. The van der Waals surface area contributed by atoms with E-state index in [0.29, 0.717) is 0 Å². The Labute approximate surface area is 68.5 Å². The second-order valence-corrected chi connectivity index (χ2v) is 2.27. The Hall–Kier alpha value is -0.430. The topological polar surface area (TPSA) is 4.93 Å². The van der Waals surface area contributed by atoms with Gasteiger partial charge in [0.2, 0.25) is 0 Å². The Morgan fingerprint density at radius 2 is 1.80 bits per heavy atom. The van der Waals surface area contributed by atoms with Crippen molar-refractivity contribution >= 4 is 12.4 Å². The Bertz CT molecular complexity index is 146. The third-order valence-electron chi connectivity index (χ3n) is 1.44. The van der Waals surface area contributed by atoms with Crippen LogP contribution < -0.4 is 0 Å². The Kier molecular flexibility index (Phi) is 5.13. The van der Waals surface area contributed by atoms with Gasteiger partial charge in [-0.1, -0.05) is 13.3 Å². The first-order valence-electron chi connectivity index (χ1n) is 3.54. The van der Waals surface area contributed by atoms with E-state index in [1.807, 2.05) is 0 Å². The van der Waals surface area contributed by atoms with Gasteiger partial charge < -0.3 is 4.57 Å². The molecule has 1 aromatic heterocycles. The van der Waals surface area contributed by atoms with Crippen LogP contribution in [0, 0.1) is 0 Å². The fourth-order valence-electron chi connectivity index (χ4n) is 0.860. The van der Waals surface area contributed by atoms with E-state index in [4.69, 9.17) is 0 Å². The predicted molar refractivity (Wildman–Crippen MR) is 46.6 cm³/mol. The Balaban J connectivity index is 0.000000810. The molecule has 58 valence electrons. The van der Waals surface area contributed by atoms with E-state index in [9.17, 15) is 0 Å². The molecular formula is C8H14ClN. The molecule has 0 saturated carbocycles. The van der Waals surface area contributed by atoms with Crippen LogP contribution in [0.3, 0.4) is 0 Å². The first kappa shape index (κ1) is 9.57. The van der Waals surface area contributed by atoms with Crippen LogP contribution in [0.2, 0.25) is 0 Å². The van der Waals surface area contributed by atoms with Crippen molar-refractivity contribution in [3.8, 4) is 0 Å². The zero-order chi connectivity index (χ0) is 6.53. The summed E-state index contributed by atoms with van der Waals surface area (Å²) in [5, 5.41) is 0. The minimum Gasteiger partial charge on any atom is -0.354 e. The molecule has 10 heavy (non-hydrogen) atoms. The zero-order valence-electron chi connectivity index (χ0n) is 6.29. The van der Waals surface area contributed by atoms with Gasteiger partial charge in [0.1, 0.15) is 0 Å². The van der Waals surface area contributed by atoms with Gasteiger partial charge >= 0.3 is 0 Å². The first-order valence-corrected chi connectivity index (χ1v) is 3.54. The quantitative estimate of drug-likeness (QED) is 0.639. The lowest BCUT2D eigenvalue weighted by Gasteiger charge is -1.97. The van der Waals surface area contributed by atoms with E-state index in [1.165, 1.54) is 19.4 Å². The smallest absolute Gasteiger partial charge is 0.0219 e. The lowest BCUT2D eigenvalue weighted by atomic mass is 10.3. The van der Waals surface area contributed by atoms with Crippen LogP contribution in [-0.2, 0) is 6.54 Å². The third kappa shape index (κ3) is 2.92. The maximum Gasteiger partial charge on any atom is 0.0219 e. The van der Waals surface area contributed by atoms with Gasteiger partial charge in [-0.3, -0.25) is 0 Å². The number of hydrogen-bond acceptors (Lipinski definition) is 0. The van der Waals surface area contributed by atoms with E-state index < -0.39 is 0 Å². The second kappa shape index (κ2) is 5.36. The summed E-state index contributed by atoms with van der Waals surface area (Å²) in [4.78, 5) is 0. The number of hydrogen-bond donors (Lipinski definition) is 0. The Morgan fingerprint density at radius 1 is 1.20 bits per heavy atom. The summed E-state index contributed by atoms with van der Waals surface area (Å²) < 4.78 is 2.21. The molecule has 0 fully saturated rings. The number of halogens is 1. The monoisotopic (exact) mass is 159 g/mol. The third-order valence-corrected chi connectivity index (χ3v) is 1.44. The van der Waals surface area contributed by atoms with Crippen LogP contribution in [0.15, 0.2) is 24.5 Å². The molecule has 0 aliphatic carbocycles. The maximum absolute atomic E-state index is 2.21. The molecule has 0 aliphatic heterocycles. The van der Waals surface area contributed by atoms with E-state index in [0.717, 1.165) is 0 Å². The summed E-state index contributed by atoms with van der Waals surface area (Å²) in [6.07, 6.45) is 6.78. The van der Waals surface area contributed by atoms with Crippen molar-refractivity contribution < 1.29 is 0 Å². The van der Waals surface area contributed by atoms with E-state index in [1.54, 1.807) is 0 Å². The molecule has 1 heterocycles. The molecule has 2 heteroatoms. The summed E-state index contributed by atoms with van der Waals surface area (Å²) in [5.74, 6) is 0. The van der Waals surface area contributed by atoms with Crippen molar-refractivity contribution in [2.45, 2.75) is 26.3 Å². The number of aromatic nitrogens is 1. The van der Waals surface area contributed by atoms with E-state index in [-0.39, 0.29) is 12.4 Å². The number of nitrogens with zero attached hydrogens (tertiary/aromatic N) is 1. The molecule has 1 rings (SSSR count). The standard InChI is InChI=1S/C8H13N.ClH/c1-2-3-6-9-7-4-5-8-9;/h4-5,7-8H,2-3,6H2,1H3;1H. The molecule has 1 nitrogen and oxygen atoms in total. The molecule has 1 aromatic rings. The Morgan fingerprint density at radius 3 is 2.30 bits per heavy atom. The van der Waals surface area contributed by atoms with Crippen LogP contribution in [0.25, 0.3) is 0 Å². The van der Waals surface area contributed by atoms with E-state index >= 15 is 0 Å². The van der Waals surface area contributed by atoms with Gasteiger partial charge in [0.15, 0.2) is 0 Å². The predicted octanol–water partition coefficient (Wildman–Crippen LogP) is 2.71.